The molecule has 5 nitrogen and oxygen atoms in total. The van der Waals surface area contributed by atoms with Crippen LogP contribution in [0.3, 0.4) is 0 Å². The molecule has 0 radical (unpaired) electrons. The highest BCUT2D eigenvalue weighted by Gasteiger charge is 2.15. The summed E-state index contributed by atoms with van der Waals surface area (Å²) >= 11 is 1.33. The maximum atomic E-state index is 12.2. The van der Waals surface area contributed by atoms with Gasteiger partial charge in [-0.25, -0.2) is 0 Å². The van der Waals surface area contributed by atoms with E-state index < -0.39 is 0 Å². The van der Waals surface area contributed by atoms with Gasteiger partial charge in [0.2, 0.25) is 5.13 Å². The molecular weight excluding hydrogens is 322 g/mol. The summed E-state index contributed by atoms with van der Waals surface area (Å²) in [5.74, 6) is 0.735. The summed E-state index contributed by atoms with van der Waals surface area (Å²) in [5.41, 5.74) is 4.96. The Morgan fingerprint density at radius 3 is 2.46 bits per heavy atom. The number of carbonyl (C=O) groups is 1. The molecule has 1 amide bonds. The van der Waals surface area contributed by atoms with E-state index in [0.29, 0.717) is 11.6 Å². The van der Waals surface area contributed by atoms with Crippen molar-refractivity contribution < 1.29 is 9.21 Å². The van der Waals surface area contributed by atoms with Gasteiger partial charge < -0.3 is 4.42 Å². The summed E-state index contributed by atoms with van der Waals surface area (Å²) in [6.45, 7) is 8.13. The average molecular weight is 341 g/mol. The molecule has 0 aliphatic heterocycles. The number of anilines is 1. The molecule has 124 valence electrons. The van der Waals surface area contributed by atoms with E-state index >= 15 is 0 Å². The van der Waals surface area contributed by atoms with Crippen molar-refractivity contribution in [2.45, 2.75) is 34.1 Å². The van der Waals surface area contributed by atoms with Gasteiger partial charge in [0, 0.05) is 6.42 Å². The van der Waals surface area contributed by atoms with Crippen molar-refractivity contribution in [2.24, 2.45) is 0 Å². The van der Waals surface area contributed by atoms with Gasteiger partial charge >= 0.3 is 0 Å². The molecule has 1 N–H and O–H groups in total. The van der Waals surface area contributed by atoms with E-state index in [1.54, 1.807) is 6.07 Å². The molecule has 0 aliphatic rings. The van der Waals surface area contributed by atoms with Crippen LogP contribution in [0.25, 0.3) is 0 Å². The first-order chi connectivity index (χ1) is 11.4. The predicted molar refractivity (Wildman–Crippen MR) is 94.8 cm³/mol. The van der Waals surface area contributed by atoms with E-state index in [0.717, 1.165) is 10.8 Å². The zero-order chi connectivity index (χ0) is 17.3. The lowest BCUT2D eigenvalue weighted by molar-refractivity contribution is 0.0995. The summed E-state index contributed by atoms with van der Waals surface area (Å²) in [4.78, 5) is 12.2. The lowest BCUT2D eigenvalue weighted by atomic mass is 9.97. The third-order valence-electron chi connectivity index (χ3n) is 3.82. The Morgan fingerprint density at radius 1 is 1.12 bits per heavy atom. The molecule has 0 saturated heterocycles. The number of carbonyl (C=O) groups excluding carboxylic acids is 1. The third-order valence-corrected chi connectivity index (χ3v) is 4.58. The fraction of sp³-hybridized carbons (Fsp3) is 0.278. The normalized spacial score (nSPS) is 10.8. The number of nitrogens with zero attached hydrogens (tertiary/aromatic N) is 2. The minimum absolute atomic E-state index is 0.278. The molecule has 6 heteroatoms. The van der Waals surface area contributed by atoms with Crippen molar-refractivity contribution >= 4 is 22.4 Å². The highest BCUT2D eigenvalue weighted by atomic mass is 32.1. The first-order valence-electron chi connectivity index (χ1n) is 7.69. The van der Waals surface area contributed by atoms with Crippen molar-refractivity contribution in [2.75, 3.05) is 5.32 Å². The average Bonchev–Trinajstić information content (AvgIpc) is 3.12. The van der Waals surface area contributed by atoms with Gasteiger partial charge in [-0.05, 0) is 56.5 Å². The summed E-state index contributed by atoms with van der Waals surface area (Å²) in [7, 11) is 0. The second kappa shape index (κ2) is 6.57. The number of amides is 1. The van der Waals surface area contributed by atoms with Gasteiger partial charge in [-0.2, -0.15) is 0 Å². The Morgan fingerprint density at radius 2 is 1.83 bits per heavy atom. The van der Waals surface area contributed by atoms with Crippen LogP contribution in [-0.2, 0) is 6.42 Å². The number of rotatable bonds is 4. The molecule has 2 aromatic heterocycles. The van der Waals surface area contributed by atoms with Crippen molar-refractivity contribution in [1.82, 2.24) is 10.2 Å². The Bertz CT molecular complexity index is 872. The quantitative estimate of drug-likeness (QED) is 0.772. The van der Waals surface area contributed by atoms with Gasteiger partial charge in [0.25, 0.3) is 5.91 Å². The van der Waals surface area contributed by atoms with E-state index in [2.05, 4.69) is 48.4 Å². The lowest BCUT2D eigenvalue weighted by Crippen LogP contribution is -2.10. The maximum absolute atomic E-state index is 12.2. The molecule has 0 saturated carbocycles. The van der Waals surface area contributed by atoms with Gasteiger partial charge in [0.05, 0.1) is 0 Å². The fourth-order valence-corrected chi connectivity index (χ4v) is 3.35. The number of benzene rings is 1. The highest BCUT2D eigenvalue weighted by Crippen LogP contribution is 2.22. The van der Waals surface area contributed by atoms with Crippen LogP contribution in [0.15, 0.2) is 28.7 Å². The van der Waals surface area contributed by atoms with Crippen LogP contribution >= 0.6 is 11.3 Å². The second-order valence-corrected chi connectivity index (χ2v) is 7.08. The topological polar surface area (TPSA) is 68.0 Å². The molecule has 1 aromatic carbocycles. The van der Waals surface area contributed by atoms with Gasteiger partial charge in [0.15, 0.2) is 5.76 Å². The van der Waals surface area contributed by atoms with Crippen LogP contribution in [0, 0.1) is 27.7 Å². The minimum atomic E-state index is -0.310. The summed E-state index contributed by atoms with van der Waals surface area (Å²) in [6, 6.07) is 7.86. The highest BCUT2D eigenvalue weighted by molar-refractivity contribution is 7.15. The molecule has 3 aromatic rings. The molecule has 0 spiro atoms. The first kappa shape index (κ1) is 16.4. The van der Waals surface area contributed by atoms with Gasteiger partial charge in [-0.3, -0.25) is 10.1 Å². The predicted octanol–water partition coefficient (Wildman–Crippen LogP) is 4.21. The molecule has 0 aliphatic carbocycles. The van der Waals surface area contributed by atoms with Crippen LogP contribution < -0.4 is 5.32 Å². The van der Waals surface area contributed by atoms with Crippen molar-refractivity contribution in [3.8, 4) is 0 Å². The maximum Gasteiger partial charge on any atom is 0.293 e. The SMILES string of the molecule is Cc1cc(C)c(Cc2ccc(C(=O)Nc3nnc(C)s3)o2)c(C)c1. The molecule has 0 fully saturated rings. The number of hydrogen-bond acceptors (Lipinski definition) is 5. The van der Waals surface area contributed by atoms with E-state index in [-0.39, 0.29) is 11.7 Å². The molecule has 0 unspecified atom stereocenters. The summed E-state index contributed by atoms with van der Waals surface area (Å²) in [6.07, 6.45) is 0.670. The van der Waals surface area contributed by atoms with Crippen LogP contribution in [0.1, 0.15) is 43.6 Å². The number of aromatic nitrogens is 2. The monoisotopic (exact) mass is 341 g/mol. The largest absolute Gasteiger partial charge is 0.456 e. The Balaban J connectivity index is 1.75. The zero-order valence-electron chi connectivity index (χ0n) is 14.1. The molecule has 2 heterocycles. The number of aryl methyl sites for hydroxylation is 4. The van der Waals surface area contributed by atoms with Crippen LogP contribution in [0.4, 0.5) is 5.13 Å². The van der Waals surface area contributed by atoms with Crippen LogP contribution in [0.2, 0.25) is 0 Å². The van der Waals surface area contributed by atoms with E-state index in [4.69, 9.17) is 4.42 Å². The standard InChI is InChI=1S/C18H19N3O2S/c1-10-7-11(2)15(12(3)8-10)9-14-5-6-16(23-14)17(22)19-18-21-20-13(4)24-18/h5-8H,9H2,1-4H3,(H,19,21,22). The molecular formula is C18H19N3O2S. The third kappa shape index (κ3) is 3.54. The summed E-state index contributed by atoms with van der Waals surface area (Å²) < 4.78 is 5.71. The van der Waals surface area contributed by atoms with E-state index in [1.165, 1.54) is 33.6 Å². The minimum Gasteiger partial charge on any atom is -0.456 e. The molecule has 24 heavy (non-hydrogen) atoms. The lowest BCUT2D eigenvalue weighted by Gasteiger charge is -2.09. The van der Waals surface area contributed by atoms with Gasteiger partial charge in [-0.1, -0.05) is 29.0 Å². The molecule has 3 rings (SSSR count). The Kier molecular flexibility index (Phi) is 4.49. The smallest absolute Gasteiger partial charge is 0.293 e. The van der Waals surface area contributed by atoms with Crippen LogP contribution in [0.5, 0.6) is 0 Å². The zero-order valence-corrected chi connectivity index (χ0v) is 15.0. The Labute approximate surface area is 144 Å². The number of hydrogen-bond donors (Lipinski definition) is 1. The Hall–Kier alpha value is -2.47. The van der Waals surface area contributed by atoms with E-state index in [9.17, 15) is 4.79 Å². The fourth-order valence-electron chi connectivity index (χ4n) is 2.76. The van der Waals surface area contributed by atoms with E-state index in [1.807, 2.05) is 13.0 Å². The second-order valence-electron chi connectivity index (χ2n) is 5.90. The number of nitrogens with one attached hydrogen (secondary N) is 1. The summed E-state index contributed by atoms with van der Waals surface area (Å²) in [5, 5.41) is 11.7. The first-order valence-corrected chi connectivity index (χ1v) is 8.51. The molecule has 0 atom stereocenters. The van der Waals surface area contributed by atoms with Gasteiger partial charge in [-0.15, -0.1) is 10.2 Å². The molecule has 0 bridgehead atoms. The van der Waals surface area contributed by atoms with Crippen LogP contribution in [-0.4, -0.2) is 16.1 Å². The van der Waals surface area contributed by atoms with Gasteiger partial charge in [0.1, 0.15) is 10.8 Å². The van der Waals surface area contributed by atoms with Crippen molar-refractivity contribution in [3.05, 3.63) is 63.0 Å². The number of furan rings is 1. The van der Waals surface area contributed by atoms with Crippen molar-refractivity contribution in [3.63, 3.8) is 0 Å². The van der Waals surface area contributed by atoms with Crippen molar-refractivity contribution in [1.29, 1.82) is 0 Å².